The van der Waals surface area contributed by atoms with Gasteiger partial charge >= 0.3 is 0 Å². The third kappa shape index (κ3) is 4.23. The molecule has 1 amide bonds. The minimum atomic E-state index is -0.00236. The van der Waals surface area contributed by atoms with E-state index in [2.05, 4.69) is 21.2 Å². The first-order valence-corrected chi connectivity index (χ1v) is 8.19. The molecule has 3 nitrogen and oxygen atoms in total. The van der Waals surface area contributed by atoms with E-state index in [-0.39, 0.29) is 18.1 Å². The van der Waals surface area contributed by atoms with E-state index in [1.54, 1.807) is 0 Å². The van der Waals surface area contributed by atoms with Crippen molar-refractivity contribution in [3.8, 4) is 5.75 Å². The predicted octanol–water partition coefficient (Wildman–Crippen LogP) is 3.91. The Bertz CT molecular complexity index is 444. The molecule has 2 unspecified atom stereocenters. The molecule has 2 atom stereocenters. The molecule has 1 N–H and O–H groups in total. The zero-order valence-corrected chi connectivity index (χ0v) is 13.7. The summed E-state index contributed by atoms with van der Waals surface area (Å²) in [6, 6.07) is 7.57. The van der Waals surface area contributed by atoms with Crippen molar-refractivity contribution in [2.75, 3.05) is 0 Å². The Labute approximate surface area is 129 Å². The van der Waals surface area contributed by atoms with Crippen LogP contribution in [0.4, 0.5) is 0 Å². The molecule has 1 saturated carbocycles. The number of rotatable bonds is 4. The molecule has 0 bridgehead atoms. The Hall–Kier alpha value is -1.03. The minimum absolute atomic E-state index is 0.00236. The van der Waals surface area contributed by atoms with Gasteiger partial charge in [-0.2, -0.15) is 0 Å². The molecule has 0 radical (unpaired) electrons. The molecule has 0 saturated heterocycles. The smallest absolute Gasteiger partial charge is 0.251 e. The number of amides is 1. The molecule has 1 aliphatic carbocycles. The van der Waals surface area contributed by atoms with Crippen LogP contribution >= 0.6 is 15.9 Å². The highest BCUT2D eigenvalue weighted by atomic mass is 79.9. The first kappa shape index (κ1) is 15.4. The Kier molecular flexibility index (Phi) is 5.46. The van der Waals surface area contributed by atoms with E-state index in [1.807, 2.05) is 38.1 Å². The number of alkyl halides is 1. The van der Waals surface area contributed by atoms with Crippen LogP contribution in [0.1, 0.15) is 49.9 Å². The van der Waals surface area contributed by atoms with E-state index < -0.39 is 0 Å². The van der Waals surface area contributed by atoms with E-state index in [4.69, 9.17) is 4.74 Å². The average Bonchev–Trinajstić information content (AvgIpc) is 2.41. The van der Waals surface area contributed by atoms with Gasteiger partial charge in [-0.25, -0.2) is 0 Å². The van der Waals surface area contributed by atoms with Gasteiger partial charge in [-0.3, -0.25) is 4.79 Å². The molecule has 110 valence electrons. The topological polar surface area (TPSA) is 38.3 Å². The van der Waals surface area contributed by atoms with E-state index in [0.29, 0.717) is 10.4 Å². The Morgan fingerprint density at radius 1 is 1.25 bits per heavy atom. The fraction of sp³-hybridized carbons (Fsp3) is 0.562. The standard InChI is InChI=1S/C16H22BrNO2/c1-11(2)20-13-9-7-12(8-10-13)16(19)18-15-6-4-3-5-14(15)17/h7-11,14-15H,3-6H2,1-2H3,(H,18,19). The number of benzene rings is 1. The van der Waals surface area contributed by atoms with Gasteiger partial charge in [-0.15, -0.1) is 0 Å². The number of carbonyl (C=O) groups is 1. The van der Waals surface area contributed by atoms with E-state index in [9.17, 15) is 4.79 Å². The van der Waals surface area contributed by atoms with Gasteiger partial charge in [0.15, 0.2) is 0 Å². The summed E-state index contributed by atoms with van der Waals surface area (Å²) in [6.45, 7) is 3.97. The molecule has 0 aromatic heterocycles. The van der Waals surface area contributed by atoms with Crippen molar-refractivity contribution < 1.29 is 9.53 Å². The highest BCUT2D eigenvalue weighted by molar-refractivity contribution is 9.09. The van der Waals surface area contributed by atoms with Crippen molar-refractivity contribution in [1.29, 1.82) is 0 Å². The van der Waals surface area contributed by atoms with Crippen LogP contribution in [0.15, 0.2) is 24.3 Å². The summed E-state index contributed by atoms with van der Waals surface area (Å²) in [4.78, 5) is 12.6. The zero-order chi connectivity index (χ0) is 14.5. The number of halogens is 1. The van der Waals surface area contributed by atoms with Crippen molar-refractivity contribution in [1.82, 2.24) is 5.32 Å². The maximum Gasteiger partial charge on any atom is 0.251 e. The van der Waals surface area contributed by atoms with Crippen molar-refractivity contribution in [3.05, 3.63) is 29.8 Å². The molecule has 1 aromatic carbocycles. The van der Waals surface area contributed by atoms with E-state index >= 15 is 0 Å². The number of hydrogen-bond acceptors (Lipinski definition) is 2. The van der Waals surface area contributed by atoms with Crippen molar-refractivity contribution in [2.45, 2.75) is 56.5 Å². The summed E-state index contributed by atoms with van der Waals surface area (Å²) in [5, 5.41) is 3.12. The van der Waals surface area contributed by atoms with Crippen molar-refractivity contribution in [3.63, 3.8) is 0 Å². The first-order valence-electron chi connectivity index (χ1n) is 7.28. The Morgan fingerprint density at radius 2 is 1.90 bits per heavy atom. The minimum Gasteiger partial charge on any atom is -0.491 e. The molecule has 0 aliphatic heterocycles. The fourth-order valence-electron chi connectivity index (χ4n) is 2.46. The first-order chi connectivity index (χ1) is 9.56. The highest BCUT2D eigenvalue weighted by Crippen LogP contribution is 2.25. The number of ether oxygens (including phenoxy) is 1. The van der Waals surface area contributed by atoms with Gasteiger partial charge in [0.1, 0.15) is 5.75 Å². The largest absolute Gasteiger partial charge is 0.491 e. The summed E-state index contributed by atoms with van der Waals surface area (Å²) >= 11 is 3.66. The lowest BCUT2D eigenvalue weighted by atomic mass is 9.95. The molecule has 1 fully saturated rings. The van der Waals surface area contributed by atoms with Gasteiger partial charge in [0.25, 0.3) is 5.91 Å². The quantitative estimate of drug-likeness (QED) is 0.844. The monoisotopic (exact) mass is 339 g/mol. The molecule has 2 rings (SSSR count). The second kappa shape index (κ2) is 7.11. The number of hydrogen-bond donors (Lipinski definition) is 1. The molecule has 4 heteroatoms. The summed E-state index contributed by atoms with van der Waals surface area (Å²) in [6.07, 6.45) is 4.76. The lowest BCUT2D eigenvalue weighted by Gasteiger charge is -2.28. The average molecular weight is 340 g/mol. The molecule has 20 heavy (non-hydrogen) atoms. The van der Waals surface area contributed by atoms with Crippen LogP contribution in [0.3, 0.4) is 0 Å². The molecular formula is C16H22BrNO2. The third-order valence-electron chi connectivity index (χ3n) is 3.49. The molecule has 0 spiro atoms. The molecule has 1 aliphatic rings. The second-order valence-electron chi connectivity index (χ2n) is 5.57. The number of carbonyl (C=O) groups excluding carboxylic acids is 1. The summed E-state index contributed by atoms with van der Waals surface area (Å²) in [5.41, 5.74) is 0.686. The number of nitrogens with one attached hydrogen (secondary N) is 1. The van der Waals surface area contributed by atoms with Gasteiger partial charge in [-0.05, 0) is 51.0 Å². The van der Waals surface area contributed by atoms with Gasteiger partial charge in [0.05, 0.1) is 6.10 Å². The van der Waals surface area contributed by atoms with Crippen LogP contribution in [0.5, 0.6) is 5.75 Å². The lowest BCUT2D eigenvalue weighted by molar-refractivity contribution is 0.0930. The Morgan fingerprint density at radius 3 is 2.50 bits per heavy atom. The van der Waals surface area contributed by atoms with Crippen LogP contribution in [-0.4, -0.2) is 22.9 Å². The highest BCUT2D eigenvalue weighted by Gasteiger charge is 2.24. The molecule has 0 heterocycles. The maximum absolute atomic E-state index is 12.2. The van der Waals surface area contributed by atoms with Gasteiger partial charge in [0, 0.05) is 16.4 Å². The molecule has 1 aromatic rings. The van der Waals surface area contributed by atoms with Crippen LogP contribution in [0.25, 0.3) is 0 Å². The predicted molar refractivity (Wildman–Crippen MR) is 84.6 cm³/mol. The second-order valence-corrected chi connectivity index (χ2v) is 6.75. The van der Waals surface area contributed by atoms with E-state index in [0.717, 1.165) is 18.6 Å². The van der Waals surface area contributed by atoms with E-state index in [1.165, 1.54) is 12.8 Å². The van der Waals surface area contributed by atoms with Gasteiger partial charge < -0.3 is 10.1 Å². The maximum atomic E-state index is 12.2. The lowest BCUT2D eigenvalue weighted by Crippen LogP contribution is -2.42. The summed E-state index contributed by atoms with van der Waals surface area (Å²) in [7, 11) is 0. The van der Waals surface area contributed by atoms with Gasteiger partial charge in [0.2, 0.25) is 0 Å². The molecular weight excluding hydrogens is 318 g/mol. The van der Waals surface area contributed by atoms with Crippen LogP contribution in [-0.2, 0) is 0 Å². The van der Waals surface area contributed by atoms with Crippen molar-refractivity contribution in [2.24, 2.45) is 0 Å². The summed E-state index contributed by atoms with van der Waals surface area (Å²) < 4.78 is 5.58. The van der Waals surface area contributed by atoms with Crippen LogP contribution in [0, 0.1) is 0 Å². The van der Waals surface area contributed by atoms with Gasteiger partial charge in [-0.1, -0.05) is 28.8 Å². The summed E-state index contributed by atoms with van der Waals surface area (Å²) in [5.74, 6) is 0.796. The fourth-order valence-corrected chi connectivity index (χ4v) is 3.18. The van der Waals surface area contributed by atoms with Crippen molar-refractivity contribution >= 4 is 21.8 Å². The SMILES string of the molecule is CC(C)Oc1ccc(C(=O)NC2CCCCC2Br)cc1. The third-order valence-corrected chi connectivity index (χ3v) is 4.58. The van der Waals surface area contributed by atoms with Crippen LogP contribution < -0.4 is 10.1 Å². The normalized spacial score (nSPS) is 22.6. The Balaban J connectivity index is 1.95. The zero-order valence-electron chi connectivity index (χ0n) is 12.1. The van der Waals surface area contributed by atoms with Crippen LogP contribution in [0.2, 0.25) is 0 Å².